The number of aromatic amines is 1. The van der Waals surface area contributed by atoms with E-state index in [0.29, 0.717) is 25.9 Å². The lowest BCUT2D eigenvalue weighted by Gasteiger charge is -2.19. The number of nitrogens with one attached hydrogen (secondary N) is 4. The van der Waals surface area contributed by atoms with E-state index in [1.807, 2.05) is 13.8 Å². The molecule has 0 bridgehead atoms. The Bertz CT molecular complexity index is 966. The highest BCUT2D eigenvalue weighted by Gasteiger charge is 2.45. The van der Waals surface area contributed by atoms with Crippen molar-refractivity contribution in [2.45, 2.75) is 52.5 Å². The monoisotopic (exact) mass is 426 g/mol. The number of aliphatic imine (C=N–C) groups is 1. The summed E-state index contributed by atoms with van der Waals surface area (Å²) in [5, 5.41) is 10.7. The van der Waals surface area contributed by atoms with Crippen LogP contribution in [0.4, 0.5) is 4.79 Å². The summed E-state index contributed by atoms with van der Waals surface area (Å²) in [7, 11) is 0. The lowest BCUT2D eigenvalue weighted by Crippen LogP contribution is -2.43. The third kappa shape index (κ3) is 5.00. The van der Waals surface area contributed by atoms with Gasteiger partial charge in [0, 0.05) is 43.3 Å². The van der Waals surface area contributed by atoms with Crippen LogP contribution in [0.5, 0.6) is 0 Å². The second-order valence-electron chi connectivity index (χ2n) is 8.17. The van der Waals surface area contributed by atoms with Crippen molar-refractivity contribution in [2.24, 2.45) is 4.99 Å². The predicted octanol–water partition coefficient (Wildman–Crippen LogP) is 2.68. The molecule has 1 aromatic carbocycles. The number of hydrogen-bond acceptors (Lipinski definition) is 3. The molecule has 1 fully saturated rings. The number of benzene rings is 1. The van der Waals surface area contributed by atoms with Gasteiger partial charge >= 0.3 is 6.03 Å². The summed E-state index contributed by atoms with van der Waals surface area (Å²) in [6.45, 7) is 10.2. The number of aryl methyl sites for hydroxylation is 1. The molecule has 1 aliphatic rings. The number of fused-ring (bicyclic) bond motifs is 1. The van der Waals surface area contributed by atoms with Crippen LogP contribution in [0.2, 0.25) is 0 Å². The number of nitrogens with zero attached hydrogens (tertiary/aromatic N) is 2. The fourth-order valence-electron chi connectivity index (χ4n) is 3.84. The highest BCUT2D eigenvalue weighted by atomic mass is 16.2. The van der Waals surface area contributed by atoms with Gasteiger partial charge in [-0.3, -0.25) is 14.7 Å². The summed E-state index contributed by atoms with van der Waals surface area (Å²) in [5.41, 5.74) is 2.94. The van der Waals surface area contributed by atoms with Crippen molar-refractivity contribution in [1.82, 2.24) is 25.8 Å². The molecule has 31 heavy (non-hydrogen) atoms. The summed E-state index contributed by atoms with van der Waals surface area (Å²) < 4.78 is 0. The van der Waals surface area contributed by atoms with Gasteiger partial charge in [0.05, 0.1) is 0 Å². The van der Waals surface area contributed by atoms with Crippen LogP contribution >= 0.6 is 0 Å². The van der Waals surface area contributed by atoms with Gasteiger partial charge in [-0.2, -0.15) is 0 Å². The smallest absolute Gasteiger partial charge is 0.325 e. The van der Waals surface area contributed by atoms with E-state index in [1.54, 1.807) is 6.92 Å². The molecule has 8 heteroatoms. The maximum Gasteiger partial charge on any atom is 0.325 e. The molecule has 1 unspecified atom stereocenters. The number of amides is 3. The number of carbonyl (C=O) groups excluding carboxylic acids is 2. The standard InChI is InChI=1S/C23H34N6O2/c1-5-23(4)20(30)29(22(31)28-23)14-8-12-25-21(24-6-2)26-13-11-17-15-27-19-16(3)9-7-10-18(17)19/h7,9-10,15,27H,5-6,8,11-14H2,1-4H3,(H,28,31)(H2,24,25,26). The number of urea groups is 1. The first-order valence-corrected chi connectivity index (χ1v) is 11.1. The van der Waals surface area contributed by atoms with Crippen molar-refractivity contribution in [3.8, 4) is 0 Å². The number of carbonyl (C=O) groups is 2. The summed E-state index contributed by atoms with van der Waals surface area (Å²) in [6.07, 6.45) is 4.16. The molecule has 0 spiro atoms. The van der Waals surface area contributed by atoms with E-state index in [0.717, 1.165) is 25.5 Å². The Morgan fingerprint density at radius 1 is 1.23 bits per heavy atom. The first-order chi connectivity index (χ1) is 14.9. The lowest BCUT2D eigenvalue weighted by molar-refractivity contribution is -0.130. The van der Waals surface area contributed by atoms with Gasteiger partial charge in [-0.15, -0.1) is 0 Å². The van der Waals surface area contributed by atoms with E-state index >= 15 is 0 Å². The zero-order chi connectivity index (χ0) is 22.4. The van der Waals surface area contributed by atoms with Gasteiger partial charge < -0.3 is 20.9 Å². The van der Waals surface area contributed by atoms with Crippen molar-refractivity contribution in [1.29, 1.82) is 0 Å². The van der Waals surface area contributed by atoms with Crippen LogP contribution in [0.15, 0.2) is 29.4 Å². The minimum atomic E-state index is -0.780. The topological polar surface area (TPSA) is 102 Å². The van der Waals surface area contributed by atoms with Crippen molar-refractivity contribution in [3.05, 3.63) is 35.5 Å². The normalized spacial score (nSPS) is 19.2. The van der Waals surface area contributed by atoms with E-state index in [1.165, 1.54) is 26.9 Å². The third-order valence-electron chi connectivity index (χ3n) is 5.90. The molecule has 1 atom stereocenters. The van der Waals surface area contributed by atoms with Gasteiger partial charge in [-0.1, -0.05) is 25.1 Å². The highest BCUT2D eigenvalue weighted by Crippen LogP contribution is 2.22. The molecular weight excluding hydrogens is 392 g/mol. The van der Waals surface area contributed by atoms with Gasteiger partial charge in [-0.25, -0.2) is 4.79 Å². The van der Waals surface area contributed by atoms with Gasteiger partial charge in [0.1, 0.15) is 5.54 Å². The zero-order valence-electron chi connectivity index (χ0n) is 19.0. The molecule has 2 aromatic rings. The number of guanidine groups is 1. The maximum atomic E-state index is 12.4. The number of imide groups is 1. The molecule has 0 aliphatic carbocycles. The maximum absolute atomic E-state index is 12.4. The van der Waals surface area contributed by atoms with E-state index in [9.17, 15) is 9.59 Å². The lowest BCUT2D eigenvalue weighted by atomic mass is 9.99. The number of hydrogen-bond donors (Lipinski definition) is 4. The van der Waals surface area contributed by atoms with Crippen LogP contribution < -0.4 is 16.0 Å². The molecular formula is C23H34N6O2. The first kappa shape index (κ1) is 22.7. The number of aromatic nitrogens is 1. The Kier molecular flexibility index (Phi) is 7.20. The highest BCUT2D eigenvalue weighted by molar-refractivity contribution is 6.06. The minimum absolute atomic E-state index is 0.150. The summed E-state index contributed by atoms with van der Waals surface area (Å²) in [5.74, 6) is 0.595. The Labute approximate surface area is 183 Å². The predicted molar refractivity (Wildman–Crippen MR) is 124 cm³/mol. The van der Waals surface area contributed by atoms with Crippen LogP contribution in [-0.2, 0) is 11.2 Å². The van der Waals surface area contributed by atoms with E-state index in [4.69, 9.17) is 0 Å². The molecule has 0 radical (unpaired) electrons. The fourth-order valence-corrected chi connectivity index (χ4v) is 3.84. The molecule has 1 aliphatic heterocycles. The summed E-state index contributed by atoms with van der Waals surface area (Å²) >= 11 is 0. The van der Waals surface area contributed by atoms with Crippen molar-refractivity contribution < 1.29 is 9.59 Å². The van der Waals surface area contributed by atoms with Crippen LogP contribution in [0.1, 0.15) is 44.7 Å². The van der Waals surface area contributed by atoms with Gasteiger partial charge in [0.2, 0.25) is 0 Å². The second kappa shape index (κ2) is 9.85. The van der Waals surface area contributed by atoms with Gasteiger partial charge in [-0.05, 0) is 51.2 Å². The quantitative estimate of drug-likeness (QED) is 0.214. The van der Waals surface area contributed by atoms with Crippen molar-refractivity contribution >= 4 is 28.8 Å². The van der Waals surface area contributed by atoms with Crippen LogP contribution in [0, 0.1) is 6.92 Å². The third-order valence-corrected chi connectivity index (χ3v) is 5.90. The zero-order valence-corrected chi connectivity index (χ0v) is 19.0. The average molecular weight is 427 g/mol. The number of H-pyrrole nitrogens is 1. The van der Waals surface area contributed by atoms with Crippen molar-refractivity contribution in [2.75, 3.05) is 26.2 Å². The Morgan fingerprint density at radius 2 is 2.03 bits per heavy atom. The molecule has 3 rings (SSSR count). The number of para-hydroxylation sites is 1. The van der Waals surface area contributed by atoms with E-state index in [2.05, 4.69) is 57.2 Å². The Balaban J connectivity index is 1.49. The van der Waals surface area contributed by atoms with Crippen LogP contribution in [0.3, 0.4) is 0 Å². The average Bonchev–Trinajstić information content (AvgIpc) is 3.26. The first-order valence-electron chi connectivity index (χ1n) is 11.1. The molecule has 168 valence electrons. The largest absolute Gasteiger partial charge is 0.361 e. The minimum Gasteiger partial charge on any atom is -0.361 e. The van der Waals surface area contributed by atoms with Crippen LogP contribution in [0.25, 0.3) is 10.9 Å². The Hall–Kier alpha value is -3.03. The van der Waals surface area contributed by atoms with E-state index < -0.39 is 5.54 Å². The molecule has 1 saturated heterocycles. The van der Waals surface area contributed by atoms with E-state index in [-0.39, 0.29) is 11.9 Å². The summed E-state index contributed by atoms with van der Waals surface area (Å²) in [4.78, 5) is 33.8. The second-order valence-corrected chi connectivity index (χ2v) is 8.17. The number of rotatable bonds is 9. The van der Waals surface area contributed by atoms with Crippen molar-refractivity contribution in [3.63, 3.8) is 0 Å². The molecule has 2 heterocycles. The molecule has 4 N–H and O–H groups in total. The summed E-state index contributed by atoms with van der Waals surface area (Å²) in [6, 6.07) is 6.03. The molecule has 1 aromatic heterocycles. The fraction of sp³-hybridized carbons (Fsp3) is 0.522. The molecule has 0 saturated carbocycles. The molecule has 8 nitrogen and oxygen atoms in total. The van der Waals surface area contributed by atoms with Crippen LogP contribution in [-0.4, -0.2) is 59.5 Å². The van der Waals surface area contributed by atoms with Gasteiger partial charge in [0.25, 0.3) is 5.91 Å². The van der Waals surface area contributed by atoms with Gasteiger partial charge in [0.15, 0.2) is 5.96 Å². The molecule has 3 amide bonds. The SMILES string of the molecule is CCNC(=NCCCN1C(=O)NC(C)(CC)C1=O)NCCc1c[nH]c2c(C)cccc12. The Morgan fingerprint density at radius 3 is 2.74 bits per heavy atom.